The zero-order valence-electron chi connectivity index (χ0n) is 8.49. The van der Waals surface area contributed by atoms with Crippen LogP contribution in [0.2, 0.25) is 5.28 Å². The summed E-state index contributed by atoms with van der Waals surface area (Å²) < 4.78 is 1.55. The molecule has 0 saturated carbocycles. The van der Waals surface area contributed by atoms with Gasteiger partial charge in [-0.05, 0) is 33.8 Å². The fourth-order valence-corrected chi connectivity index (χ4v) is 2.28. The molecule has 10 heteroatoms. The molecule has 3 rings (SSSR count). The SMILES string of the molecule is Cn1nnnc1Sc1nc(Cl)nc2[nH]ncc12. The molecule has 0 radical (unpaired) electrons. The number of halogens is 1. The van der Waals surface area contributed by atoms with E-state index in [0.717, 1.165) is 5.39 Å². The van der Waals surface area contributed by atoms with Crippen molar-refractivity contribution in [2.45, 2.75) is 10.2 Å². The summed E-state index contributed by atoms with van der Waals surface area (Å²) in [6.45, 7) is 0. The van der Waals surface area contributed by atoms with Crippen molar-refractivity contribution < 1.29 is 0 Å². The molecule has 17 heavy (non-hydrogen) atoms. The lowest BCUT2D eigenvalue weighted by atomic mass is 10.4. The predicted molar refractivity (Wildman–Crippen MR) is 59.6 cm³/mol. The summed E-state index contributed by atoms with van der Waals surface area (Å²) >= 11 is 7.12. The number of aromatic nitrogens is 8. The van der Waals surface area contributed by atoms with Crippen molar-refractivity contribution in [3.63, 3.8) is 0 Å². The second-order valence-corrected chi connectivity index (χ2v) is 4.41. The molecule has 86 valence electrons. The Labute approximate surface area is 104 Å². The van der Waals surface area contributed by atoms with Crippen LogP contribution < -0.4 is 0 Å². The van der Waals surface area contributed by atoms with Crippen LogP contribution in [-0.2, 0) is 7.05 Å². The molecular weight excluding hydrogens is 264 g/mol. The Bertz CT molecular complexity index is 675. The fourth-order valence-electron chi connectivity index (χ4n) is 1.25. The van der Waals surface area contributed by atoms with Crippen molar-refractivity contribution >= 4 is 34.4 Å². The highest BCUT2D eigenvalue weighted by molar-refractivity contribution is 7.99. The molecular formula is C7H5ClN8S. The molecule has 0 saturated heterocycles. The van der Waals surface area contributed by atoms with E-state index in [1.54, 1.807) is 17.9 Å². The standard InChI is InChI=1S/C7H5ClN8S/c1-16-7(13-14-15-16)17-5-3-2-9-12-4(3)10-6(8)11-5/h2H,1H3,(H,9,10,11,12). The number of rotatable bonds is 2. The van der Waals surface area contributed by atoms with Gasteiger partial charge >= 0.3 is 0 Å². The van der Waals surface area contributed by atoms with Crippen LogP contribution in [0.1, 0.15) is 0 Å². The summed E-state index contributed by atoms with van der Waals surface area (Å²) in [4.78, 5) is 8.15. The van der Waals surface area contributed by atoms with Crippen molar-refractivity contribution in [3.8, 4) is 0 Å². The van der Waals surface area contributed by atoms with Crippen molar-refractivity contribution in [1.82, 2.24) is 40.4 Å². The molecule has 8 nitrogen and oxygen atoms in total. The summed E-state index contributed by atoms with van der Waals surface area (Å²) in [6.07, 6.45) is 1.64. The van der Waals surface area contributed by atoms with Crippen LogP contribution in [0.25, 0.3) is 11.0 Å². The number of hydrogen-bond acceptors (Lipinski definition) is 7. The maximum absolute atomic E-state index is 5.82. The lowest BCUT2D eigenvalue weighted by molar-refractivity contribution is 0.664. The van der Waals surface area contributed by atoms with Crippen LogP contribution in [0.4, 0.5) is 0 Å². The number of nitrogens with zero attached hydrogens (tertiary/aromatic N) is 7. The Morgan fingerprint density at radius 2 is 2.29 bits per heavy atom. The minimum absolute atomic E-state index is 0.152. The normalized spacial score (nSPS) is 11.2. The quantitative estimate of drug-likeness (QED) is 0.539. The van der Waals surface area contributed by atoms with Crippen LogP contribution in [0, 0.1) is 0 Å². The van der Waals surface area contributed by atoms with Crippen molar-refractivity contribution in [2.24, 2.45) is 7.05 Å². The molecule has 0 unspecified atom stereocenters. The number of tetrazole rings is 1. The average molecular weight is 269 g/mol. The highest BCUT2D eigenvalue weighted by Gasteiger charge is 2.13. The third kappa shape index (κ3) is 1.83. The molecule has 3 heterocycles. The van der Waals surface area contributed by atoms with Crippen LogP contribution in [-0.4, -0.2) is 40.4 Å². The Morgan fingerprint density at radius 1 is 1.41 bits per heavy atom. The molecule has 0 amide bonds. The van der Waals surface area contributed by atoms with Gasteiger partial charge < -0.3 is 0 Å². The second-order valence-electron chi connectivity index (χ2n) is 3.12. The molecule has 0 atom stereocenters. The molecule has 0 aliphatic rings. The molecule has 0 bridgehead atoms. The third-order valence-electron chi connectivity index (χ3n) is 2.02. The Hall–Kier alpha value is -1.74. The molecule has 0 aliphatic carbocycles. The lowest BCUT2D eigenvalue weighted by Gasteiger charge is -2.00. The van der Waals surface area contributed by atoms with E-state index in [1.807, 2.05) is 0 Å². The third-order valence-corrected chi connectivity index (χ3v) is 3.22. The van der Waals surface area contributed by atoms with Gasteiger partial charge in [-0.3, -0.25) is 5.10 Å². The summed E-state index contributed by atoms with van der Waals surface area (Å²) in [5.41, 5.74) is 0.586. The smallest absolute Gasteiger partial charge is 0.225 e. The zero-order valence-corrected chi connectivity index (χ0v) is 10.1. The lowest BCUT2D eigenvalue weighted by Crippen LogP contribution is -1.94. The first-order valence-corrected chi connectivity index (χ1v) is 5.70. The van der Waals surface area contributed by atoms with Gasteiger partial charge in [0.05, 0.1) is 11.6 Å². The van der Waals surface area contributed by atoms with Gasteiger partial charge in [-0.2, -0.15) is 10.1 Å². The first-order valence-electron chi connectivity index (χ1n) is 4.51. The van der Waals surface area contributed by atoms with Crippen LogP contribution in [0.5, 0.6) is 0 Å². The van der Waals surface area contributed by atoms with Crippen LogP contribution in [0.15, 0.2) is 16.4 Å². The van der Waals surface area contributed by atoms with Gasteiger partial charge in [0.15, 0.2) is 5.65 Å². The van der Waals surface area contributed by atoms with Gasteiger partial charge in [-0.15, -0.1) is 5.10 Å². The Balaban J connectivity index is 2.11. The minimum Gasteiger partial charge on any atom is -0.261 e. The monoisotopic (exact) mass is 268 g/mol. The molecule has 0 spiro atoms. The van der Waals surface area contributed by atoms with E-state index >= 15 is 0 Å². The fraction of sp³-hybridized carbons (Fsp3) is 0.143. The van der Waals surface area contributed by atoms with E-state index in [4.69, 9.17) is 11.6 Å². The number of aromatic amines is 1. The first-order chi connectivity index (χ1) is 8.24. The maximum Gasteiger partial charge on any atom is 0.225 e. The number of nitrogens with one attached hydrogen (secondary N) is 1. The summed E-state index contributed by atoms with van der Waals surface area (Å²) in [6, 6.07) is 0. The average Bonchev–Trinajstić information content (AvgIpc) is 2.88. The molecule has 0 fully saturated rings. The van der Waals surface area contributed by atoms with E-state index in [2.05, 4.69) is 35.7 Å². The van der Waals surface area contributed by atoms with Crippen molar-refractivity contribution in [1.29, 1.82) is 0 Å². The Morgan fingerprint density at radius 3 is 3.06 bits per heavy atom. The number of fused-ring (bicyclic) bond motifs is 1. The highest BCUT2D eigenvalue weighted by Crippen LogP contribution is 2.29. The summed E-state index contributed by atoms with van der Waals surface area (Å²) in [7, 11) is 1.75. The van der Waals surface area contributed by atoms with Crippen LogP contribution >= 0.6 is 23.4 Å². The zero-order chi connectivity index (χ0) is 11.8. The minimum atomic E-state index is 0.152. The van der Waals surface area contributed by atoms with Crippen molar-refractivity contribution in [2.75, 3.05) is 0 Å². The highest BCUT2D eigenvalue weighted by atomic mass is 35.5. The van der Waals surface area contributed by atoms with Gasteiger partial charge in [0.2, 0.25) is 10.4 Å². The molecule has 0 aromatic carbocycles. The van der Waals surface area contributed by atoms with Crippen molar-refractivity contribution in [3.05, 3.63) is 11.5 Å². The summed E-state index contributed by atoms with van der Waals surface area (Å²) in [5, 5.41) is 20.0. The van der Waals surface area contributed by atoms with Crippen LogP contribution in [0.3, 0.4) is 0 Å². The van der Waals surface area contributed by atoms with Gasteiger partial charge in [0.25, 0.3) is 0 Å². The topological polar surface area (TPSA) is 98.1 Å². The largest absolute Gasteiger partial charge is 0.261 e. The van der Waals surface area contributed by atoms with E-state index in [-0.39, 0.29) is 5.28 Å². The van der Waals surface area contributed by atoms with Gasteiger partial charge in [0, 0.05) is 7.05 Å². The molecule has 3 aromatic rings. The maximum atomic E-state index is 5.82. The number of aryl methyl sites for hydroxylation is 1. The van der Waals surface area contributed by atoms with Gasteiger partial charge in [-0.1, -0.05) is 0 Å². The summed E-state index contributed by atoms with van der Waals surface area (Å²) in [5.74, 6) is 0. The van der Waals surface area contributed by atoms with Gasteiger partial charge in [0.1, 0.15) is 5.03 Å². The Kier molecular flexibility index (Phi) is 2.41. The first kappa shape index (κ1) is 10.4. The molecule has 0 aliphatic heterocycles. The number of H-pyrrole nitrogens is 1. The second kappa shape index (κ2) is 3.93. The van der Waals surface area contributed by atoms with E-state index < -0.39 is 0 Å². The molecule has 1 N–H and O–H groups in total. The number of hydrogen-bond donors (Lipinski definition) is 1. The van der Waals surface area contributed by atoms with Gasteiger partial charge in [-0.25, -0.2) is 9.67 Å². The van der Waals surface area contributed by atoms with E-state index in [0.29, 0.717) is 15.8 Å². The van der Waals surface area contributed by atoms with E-state index in [9.17, 15) is 0 Å². The predicted octanol–water partition coefficient (Wildman–Crippen LogP) is 0.681. The molecule has 3 aromatic heterocycles. The van der Waals surface area contributed by atoms with E-state index in [1.165, 1.54) is 11.8 Å².